The highest BCUT2D eigenvalue weighted by Crippen LogP contribution is 2.33. The van der Waals surface area contributed by atoms with Gasteiger partial charge in [0.2, 0.25) is 5.88 Å². The van der Waals surface area contributed by atoms with Crippen molar-refractivity contribution < 1.29 is 19.4 Å². The topological polar surface area (TPSA) is 68.7 Å². The van der Waals surface area contributed by atoms with Crippen LogP contribution in [0.5, 0.6) is 11.6 Å². The van der Waals surface area contributed by atoms with Crippen LogP contribution in [0.2, 0.25) is 0 Å². The number of hydrogen-bond donors (Lipinski definition) is 1. The summed E-state index contributed by atoms with van der Waals surface area (Å²) in [7, 11) is 1.59. The largest absolute Gasteiger partial charge is 0.497 e. The van der Waals surface area contributed by atoms with Gasteiger partial charge < -0.3 is 14.6 Å². The van der Waals surface area contributed by atoms with E-state index in [1.807, 2.05) is 24.3 Å². The third-order valence-corrected chi connectivity index (χ3v) is 3.84. The van der Waals surface area contributed by atoms with Gasteiger partial charge in [-0.05, 0) is 37.6 Å². The number of carbonyl (C=O) groups excluding carboxylic acids is 1. The Balaban J connectivity index is 2.11. The molecule has 1 aliphatic rings. The molecule has 1 aromatic heterocycles. The second-order valence-corrected chi connectivity index (χ2v) is 6.57. The number of ether oxygens (including phenoxy) is 2. The molecule has 1 aromatic carbocycles. The molecule has 0 saturated heterocycles. The second kappa shape index (κ2) is 6.69. The molecule has 0 amide bonds. The fraction of sp³-hybridized carbons (Fsp3) is 0.300. The predicted molar refractivity (Wildman–Crippen MR) is 94.8 cm³/mol. The van der Waals surface area contributed by atoms with E-state index >= 15 is 0 Å². The Kier molecular flexibility index (Phi) is 4.59. The minimum Gasteiger partial charge on any atom is -0.497 e. The molecule has 3 rings (SSSR count). The van der Waals surface area contributed by atoms with Crippen molar-refractivity contribution in [3.63, 3.8) is 0 Å². The van der Waals surface area contributed by atoms with Crippen LogP contribution in [0.25, 0.3) is 10.9 Å². The van der Waals surface area contributed by atoms with Crippen LogP contribution >= 0.6 is 0 Å². The van der Waals surface area contributed by atoms with Gasteiger partial charge in [0.25, 0.3) is 0 Å². The van der Waals surface area contributed by atoms with E-state index in [1.165, 1.54) is 0 Å². The molecule has 1 atom stereocenters. The number of nitrogens with zero attached hydrogens (tertiary/aromatic N) is 1. The first-order chi connectivity index (χ1) is 11.9. The summed E-state index contributed by atoms with van der Waals surface area (Å²) in [5, 5.41) is 10.7. The Hall–Kier alpha value is -2.66. The van der Waals surface area contributed by atoms with Gasteiger partial charge in [-0.15, -0.1) is 0 Å². The van der Waals surface area contributed by atoms with Gasteiger partial charge in [0.05, 0.1) is 24.1 Å². The highest BCUT2D eigenvalue weighted by atomic mass is 16.5. The van der Waals surface area contributed by atoms with Gasteiger partial charge in [0.1, 0.15) is 12.4 Å². The minimum atomic E-state index is -0.978. The van der Waals surface area contributed by atoms with E-state index in [2.05, 4.69) is 11.1 Å². The van der Waals surface area contributed by atoms with Gasteiger partial charge >= 0.3 is 0 Å². The number of methoxy groups -OCH3 is 1. The van der Waals surface area contributed by atoms with E-state index in [9.17, 15) is 9.90 Å². The van der Waals surface area contributed by atoms with Crippen molar-refractivity contribution in [1.82, 2.24) is 4.98 Å². The molecular weight excluding hydrogens is 318 g/mol. The van der Waals surface area contributed by atoms with Gasteiger partial charge in [-0.25, -0.2) is 4.98 Å². The quantitative estimate of drug-likeness (QED) is 0.908. The maximum absolute atomic E-state index is 12.3. The van der Waals surface area contributed by atoms with Gasteiger partial charge in [-0.3, -0.25) is 4.79 Å². The lowest BCUT2D eigenvalue weighted by Gasteiger charge is -2.20. The zero-order chi connectivity index (χ0) is 18.0. The summed E-state index contributed by atoms with van der Waals surface area (Å²) in [6.45, 7) is 3.42. The lowest BCUT2D eigenvalue weighted by Crippen LogP contribution is -2.28. The normalized spacial score (nSPS) is 17.1. The van der Waals surface area contributed by atoms with Crippen molar-refractivity contribution in [1.29, 1.82) is 0 Å². The highest BCUT2D eigenvalue weighted by Gasteiger charge is 2.23. The Labute approximate surface area is 146 Å². The molecule has 1 N–H and O–H groups in total. The molecule has 129 valence electrons. The number of carbonyl (C=O) groups is 1. The van der Waals surface area contributed by atoms with E-state index in [-0.39, 0.29) is 12.4 Å². The molecule has 0 aliphatic heterocycles. The molecule has 0 saturated carbocycles. The van der Waals surface area contributed by atoms with Crippen molar-refractivity contribution in [3.8, 4) is 11.6 Å². The van der Waals surface area contributed by atoms with E-state index in [4.69, 9.17) is 9.47 Å². The van der Waals surface area contributed by atoms with Crippen LogP contribution in [-0.2, 0) is 4.79 Å². The number of ketones is 1. The summed E-state index contributed by atoms with van der Waals surface area (Å²) in [6, 6.07) is 7.24. The average molecular weight is 338 g/mol. The van der Waals surface area contributed by atoms with Crippen LogP contribution < -0.4 is 9.47 Å². The zero-order valence-electron chi connectivity index (χ0n) is 14.4. The third-order valence-electron chi connectivity index (χ3n) is 3.84. The molecule has 1 heterocycles. The standard InChI is InChI=1S/C20H20NO4/c1-20(2,23)12-25-19-11-15(14-6-4-5-7-18(14)22)16-10-13(24-3)8-9-17(16)21-19/h4-6,8-11,14,23H,12H2,1-3H3. The number of fused-ring (bicyclic) bond motifs is 1. The first kappa shape index (κ1) is 17.2. The van der Waals surface area contributed by atoms with Crippen molar-refractivity contribution in [2.75, 3.05) is 13.7 Å². The fourth-order valence-electron chi connectivity index (χ4n) is 2.63. The first-order valence-electron chi connectivity index (χ1n) is 8.02. The second-order valence-electron chi connectivity index (χ2n) is 6.57. The van der Waals surface area contributed by atoms with Crippen molar-refractivity contribution in [3.05, 3.63) is 54.1 Å². The zero-order valence-corrected chi connectivity index (χ0v) is 14.4. The number of aliphatic hydroxyl groups is 1. The molecule has 1 unspecified atom stereocenters. The Bertz CT molecular complexity index is 862. The van der Waals surface area contributed by atoms with Crippen LogP contribution in [0.1, 0.15) is 25.3 Å². The maximum Gasteiger partial charge on any atom is 0.214 e. The average Bonchev–Trinajstić information content (AvgIpc) is 2.59. The minimum absolute atomic E-state index is 0.0988. The summed E-state index contributed by atoms with van der Waals surface area (Å²) < 4.78 is 10.9. The number of pyridine rings is 1. The molecule has 0 spiro atoms. The number of aromatic nitrogens is 1. The van der Waals surface area contributed by atoms with Gasteiger partial charge in [0.15, 0.2) is 5.78 Å². The molecule has 1 aliphatic carbocycles. The summed E-state index contributed by atoms with van der Waals surface area (Å²) in [6.07, 6.45) is 7.95. The van der Waals surface area contributed by atoms with Crippen LogP contribution in [0.3, 0.4) is 0 Å². The van der Waals surface area contributed by atoms with E-state index in [1.54, 1.807) is 39.2 Å². The number of Topliss-reactive ketones (excluding diaryl/α,β-unsaturated/α-hetero) is 1. The van der Waals surface area contributed by atoms with E-state index < -0.39 is 11.5 Å². The van der Waals surface area contributed by atoms with E-state index in [0.717, 1.165) is 10.9 Å². The van der Waals surface area contributed by atoms with Crippen molar-refractivity contribution in [2.24, 2.45) is 0 Å². The molecule has 0 bridgehead atoms. The molecule has 25 heavy (non-hydrogen) atoms. The van der Waals surface area contributed by atoms with Crippen molar-refractivity contribution >= 4 is 16.7 Å². The monoisotopic (exact) mass is 338 g/mol. The Morgan fingerprint density at radius 2 is 2.12 bits per heavy atom. The van der Waals surface area contributed by atoms with E-state index in [0.29, 0.717) is 17.1 Å². The fourth-order valence-corrected chi connectivity index (χ4v) is 2.63. The van der Waals surface area contributed by atoms with Gasteiger partial charge in [-0.2, -0.15) is 0 Å². The van der Waals surface area contributed by atoms with Crippen LogP contribution in [0.4, 0.5) is 0 Å². The SMILES string of the molecule is COc1ccc2nc(OCC(C)(C)O)cc(C3C=CC=[C]C3=O)c2c1. The van der Waals surface area contributed by atoms with Crippen LogP contribution in [0, 0.1) is 6.08 Å². The maximum atomic E-state index is 12.3. The van der Waals surface area contributed by atoms with Gasteiger partial charge in [-0.1, -0.05) is 18.2 Å². The summed E-state index contributed by atoms with van der Waals surface area (Å²) in [4.78, 5) is 16.8. The lowest BCUT2D eigenvalue weighted by molar-refractivity contribution is -0.115. The number of rotatable bonds is 5. The number of allylic oxidation sites excluding steroid dienone is 4. The molecule has 0 fully saturated rings. The highest BCUT2D eigenvalue weighted by molar-refractivity contribution is 5.99. The Morgan fingerprint density at radius 3 is 2.80 bits per heavy atom. The number of benzene rings is 1. The molecular formula is C20H20NO4. The molecule has 5 heteroatoms. The van der Waals surface area contributed by atoms with Crippen LogP contribution in [0.15, 0.2) is 42.5 Å². The predicted octanol–water partition coefficient (Wildman–Crippen LogP) is 2.97. The summed E-state index contributed by atoms with van der Waals surface area (Å²) >= 11 is 0. The van der Waals surface area contributed by atoms with Crippen LogP contribution in [-0.4, -0.2) is 35.2 Å². The third kappa shape index (κ3) is 3.88. The van der Waals surface area contributed by atoms with Gasteiger partial charge in [0, 0.05) is 17.5 Å². The van der Waals surface area contributed by atoms with Crippen molar-refractivity contribution in [2.45, 2.75) is 25.4 Å². The first-order valence-corrected chi connectivity index (χ1v) is 8.02. The summed E-state index contributed by atoms with van der Waals surface area (Å²) in [5.41, 5.74) is 0.490. The Morgan fingerprint density at radius 1 is 1.32 bits per heavy atom. The number of hydrogen-bond acceptors (Lipinski definition) is 5. The molecule has 5 nitrogen and oxygen atoms in total. The smallest absolute Gasteiger partial charge is 0.214 e. The molecule has 1 radical (unpaired) electrons. The lowest BCUT2D eigenvalue weighted by atomic mass is 9.89. The summed E-state index contributed by atoms with van der Waals surface area (Å²) in [5.74, 6) is 0.483. The molecule has 2 aromatic rings.